The molecular formula is C58H112O6. The summed E-state index contributed by atoms with van der Waals surface area (Å²) in [4.78, 5) is 38.1. The molecule has 0 aliphatic carbocycles. The third-order valence-electron chi connectivity index (χ3n) is 13.6. The molecule has 0 aromatic heterocycles. The van der Waals surface area contributed by atoms with Gasteiger partial charge in [-0.1, -0.05) is 285 Å². The zero-order valence-electron chi connectivity index (χ0n) is 43.9. The van der Waals surface area contributed by atoms with Gasteiger partial charge >= 0.3 is 17.9 Å². The third-order valence-corrected chi connectivity index (χ3v) is 13.6. The molecule has 0 heterocycles. The van der Waals surface area contributed by atoms with Crippen LogP contribution in [0.25, 0.3) is 0 Å². The predicted molar refractivity (Wildman–Crippen MR) is 275 cm³/mol. The van der Waals surface area contributed by atoms with Gasteiger partial charge in [0.1, 0.15) is 13.2 Å². The fourth-order valence-electron chi connectivity index (χ4n) is 8.84. The lowest BCUT2D eigenvalue weighted by atomic mass is 9.99. The lowest BCUT2D eigenvalue weighted by molar-refractivity contribution is -0.167. The van der Waals surface area contributed by atoms with E-state index in [4.69, 9.17) is 14.2 Å². The van der Waals surface area contributed by atoms with E-state index in [2.05, 4.69) is 34.6 Å². The number of rotatable bonds is 52. The molecular weight excluding hydrogens is 793 g/mol. The second kappa shape index (κ2) is 50.8. The van der Waals surface area contributed by atoms with Gasteiger partial charge in [-0.05, 0) is 31.1 Å². The van der Waals surface area contributed by atoms with Crippen LogP contribution >= 0.6 is 0 Å². The summed E-state index contributed by atoms with van der Waals surface area (Å²) in [5.74, 6) is 0.860. The van der Waals surface area contributed by atoms with E-state index in [0.717, 1.165) is 69.6 Å². The monoisotopic (exact) mass is 905 g/mol. The van der Waals surface area contributed by atoms with Crippen LogP contribution in [0.3, 0.4) is 0 Å². The summed E-state index contributed by atoms with van der Waals surface area (Å²) in [5, 5.41) is 0. The number of ether oxygens (including phenoxy) is 3. The smallest absolute Gasteiger partial charge is 0.306 e. The summed E-state index contributed by atoms with van der Waals surface area (Å²) in [6, 6.07) is 0. The number of hydrogen-bond acceptors (Lipinski definition) is 6. The highest BCUT2D eigenvalue weighted by Gasteiger charge is 2.19. The van der Waals surface area contributed by atoms with Gasteiger partial charge in [0.25, 0.3) is 0 Å². The lowest BCUT2D eigenvalue weighted by Gasteiger charge is -2.18. The van der Waals surface area contributed by atoms with Crippen molar-refractivity contribution in [2.75, 3.05) is 13.2 Å². The highest BCUT2D eigenvalue weighted by molar-refractivity contribution is 5.71. The van der Waals surface area contributed by atoms with Crippen molar-refractivity contribution >= 4 is 17.9 Å². The van der Waals surface area contributed by atoms with Gasteiger partial charge in [0.05, 0.1) is 0 Å². The minimum absolute atomic E-state index is 0.0630. The fraction of sp³-hybridized carbons (Fsp3) is 0.948. The normalized spacial score (nSPS) is 12.5. The Morgan fingerprint density at radius 1 is 0.328 bits per heavy atom. The predicted octanol–water partition coefficient (Wildman–Crippen LogP) is 18.9. The highest BCUT2D eigenvalue weighted by Crippen LogP contribution is 2.18. The number of unbranched alkanes of at least 4 members (excludes halogenated alkanes) is 36. The molecule has 0 N–H and O–H groups in total. The van der Waals surface area contributed by atoms with Crippen LogP contribution in [0, 0.1) is 11.8 Å². The van der Waals surface area contributed by atoms with Crippen LogP contribution in [0.1, 0.15) is 324 Å². The van der Waals surface area contributed by atoms with Crippen LogP contribution in [0.2, 0.25) is 0 Å². The van der Waals surface area contributed by atoms with Gasteiger partial charge in [-0.3, -0.25) is 14.4 Å². The van der Waals surface area contributed by atoms with Crippen molar-refractivity contribution in [3.63, 3.8) is 0 Å². The van der Waals surface area contributed by atoms with Gasteiger partial charge < -0.3 is 14.2 Å². The van der Waals surface area contributed by atoms with Crippen molar-refractivity contribution in [1.82, 2.24) is 0 Å². The van der Waals surface area contributed by atoms with Crippen molar-refractivity contribution in [2.45, 2.75) is 330 Å². The molecule has 2 atom stereocenters. The van der Waals surface area contributed by atoms with Crippen molar-refractivity contribution < 1.29 is 28.6 Å². The van der Waals surface area contributed by atoms with Gasteiger partial charge in [0.2, 0.25) is 0 Å². The van der Waals surface area contributed by atoms with Crippen LogP contribution in [0.5, 0.6) is 0 Å². The van der Waals surface area contributed by atoms with Gasteiger partial charge in [-0.2, -0.15) is 0 Å². The lowest BCUT2D eigenvalue weighted by Crippen LogP contribution is -2.30. The molecule has 0 aromatic carbocycles. The Hall–Kier alpha value is -1.59. The van der Waals surface area contributed by atoms with Crippen LogP contribution < -0.4 is 0 Å². The molecule has 0 rings (SSSR count). The average Bonchev–Trinajstić information content (AvgIpc) is 3.28. The quantitative estimate of drug-likeness (QED) is 0.0344. The molecule has 0 saturated heterocycles. The van der Waals surface area contributed by atoms with E-state index in [1.807, 2.05) is 0 Å². The zero-order chi connectivity index (χ0) is 46.8. The van der Waals surface area contributed by atoms with E-state index in [1.54, 1.807) is 0 Å². The molecule has 0 radical (unpaired) electrons. The first-order valence-electron chi connectivity index (χ1n) is 28.8. The van der Waals surface area contributed by atoms with Crippen LogP contribution in [0.4, 0.5) is 0 Å². The molecule has 6 heteroatoms. The van der Waals surface area contributed by atoms with E-state index < -0.39 is 6.10 Å². The number of esters is 3. The Balaban J connectivity index is 4.27. The molecule has 0 aliphatic heterocycles. The van der Waals surface area contributed by atoms with Crippen LogP contribution in [-0.4, -0.2) is 37.2 Å². The number of hydrogen-bond donors (Lipinski definition) is 0. The summed E-state index contributed by atoms with van der Waals surface area (Å²) >= 11 is 0. The average molecular weight is 906 g/mol. The summed E-state index contributed by atoms with van der Waals surface area (Å²) in [7, 11) is 0. The maximum absolute atomic E-state index is 12.8. The fourth-order valence-corrected chi connectivity index (χ4v) is 8.84. The van der Waals surface area contributed by atoms with E-state index in [9.17, 15) is 14.4 Å². The second-order valence-electron chi connectivity index (χ2n) is 20.6. The van der Waals surface area contributed by atoms with Gasteiger partial charge in [-0.25, -0.2) is 0 Å². The Morgan fingerprint density at radius 3 is 0.891 bits per heavy atom. The molecule has 0 aromatic rings. The minimum atomic E-state index is -0.763. The van der Waals surface area contributed by atoms with Gasteiger partial charge in [0.15, 0.2) is 6.10 Å². The first-order chi connectivity index (χ1) is 31.3. The Bertz CT molecular complexity index is 980. The topological polar surface area (TPSA) is 78.9 Å². The van der Waals surface area contributed by atoms with E-state index >= 15 is 0 Å². The number of carbonyl (C=O) groups excluding carboxylic acids is 3. The van der Waals surface area contributed by atoms with Crippen molar-refractivity contribution in [2.24, 2.45) is 11.8 Å². The van der Waals surface area contributed by atoms with E-state index in [1.165, 1.54) is 212 Å². The first kappa shape index (κ1) is 62.4. The first-order valence-corrected chi connectivity index (χ1v) is 28.8. The molecule has 1 unspecified atom stereocenters. The molecule has 0 spiro atoms. The Morgan fingerprint density at radius 2 is 0.594 bits per heavy atom. The third kappa shape index (κ3) is 49.8. The maximum atomic E-state index is 12.8. The Labute approximate surface area is 399 Å². The molecule has 6 nitrogen and oxygen atoms in total. The van der Waals surface area contributed by atoms with Crippen LogP contribution in [-0.2, 0) is 28.6 Å². The largest absolute Gasteiger partial charge is 0.462 e. The Kier molecular flexibility index (Phi) is 49.6. The summed E-state index contributed by atoms with van der Waals surface area (Å²) in [5.41, 5.74) is 0. The van der Waals surface area contributed by atoms with Gasteiger partial charge in [0, 0.05) is 19.3 Å². The van der Waals surface area contributed by atoms with E-state index in [-0.39, 0.29) is 31.1 Å². The summed E-state index contributed by atoms with van der Waals surface area (Å²) in [6.45, 7) is 11.4. The van der Waals surface area contributed by atoms with Crippen molar-refractivity contribution in [3.8, 4) is 0 Å². The van der Waals surface area contributed by atoms with Gasteiger partial charge in [-0.15, -0.1) is 0 Å². The highest BCUT2D eigenvalue weighted by atomic mass is 16.6. The molecule has 0 bridgehead atoms. The zero-order valence-corrected chi connectivity index (χ0v) is 43.9. The van der Waals surface area contributed by atoms with Crippen molar-refractivity contribution in [3.05, 3.63) is 0 Å². The summed E-state index contributed by atoms with van der Waals surface area (Å²) in [6.07, 6.45) is 53.7. The maximum Gasteiger partial charge on any atom is 0.306 e. The molecule has 0 aliphatic rings. The molecule has 0 saturated carbocycles. The number of carbonyl (C=O) groups is 3. The standard InChI is InChI=1S/C58H112O6/c1-6-8-9-10-11-12-13-14-17-22-25-28-35-40-45-50-58(61)64-55(52-63-57(60)49-44-39-34-30-29-32-37-42-47-54(5)7-2)51-62-56(59)48-43-38-33-27-24-21-19-16-15-18-20-23-26-31-36-41-46-53(3)4/h53-55H,6-52H2,1-5H3/t54?,55-/m1/s1. The minimum Gasteiger partial charge on any atom is -0.462 e. The van der Waals surface area contributed by atoms with Crippen molar-refractivity contribution in [1.29, 1.82) is 0 Å². The molecule has 64 heavy (non-hydrogen) atoms. The SMILES string of the molecule is CCCCCCCCCCCCCCCCCC(=O)O[C@H](COC(=O)CCCCCCCCCCCCCCCCCCC(C)C)COC(=O)CCCCCCCCCCC(C)CC. The molecule has 380 valence electrons. The van der Waals surface area contributed by atoms with E-state index in [0.29, 0.717) is 19.3 Å². The summed E-state index contributed by atoms with van der Waals surface area (Å²) < 4.78 is 16.9. The van der Waals surface area contributed by atoms with Crippen LogP contribution in [0.15, 0.2) is 0 Å². The second-order valence-corrected chi connectivity index (χ2v) is 20.6. The molecule has 0 amide bonds. The molecule has 0 fully saturated rings.